The van der Waals surface area contributed by atoms with Gasteiger partial charge in [0.1, 0.15) is 10.8 Å². The summed E-state index contributed by atoms with van der Waals surface area (Å²) in [5.74, 6) is 0.434. The highest BCUT2D eigenvalue weighted by Gasteiger charge is 2.36. The third-order valence-electron chi connectivity index (χ3n) is 3.17. The molecular formula is C13H17FN2S. The summed E-state index contributed by atoms with van der Waals surface area (Å²) < 4.78 is 13.1. The molecule has 0 aliphatic heterocycles. The van der Waals surface area contributed by atoms with Crippen LogP contribution in [0.25, 0.3) is 0 Å². The maximum absolute atomic E-state index is 13.1. The highest BCUT2D eigenvalue weighted by atomic mass is 32.1. The predicted octanol–water partition coefficient (Wildman–Crippen LogP) is 3.06. The van der Waals surface area contributed by atoms with Crippen LogP contribution in [-0.2, 0) is 0 Å². The molecule has 0 bridgehead atoms. The monoisotopic (exact) mass is 252 g/mol. The molecule has 0 spiro atoms. The molecule has 92 valence electrons. The summed E-state index contributed by atoms with van der Waals surface area (Å²) in [6, 6.07) is 5.03. The van der Waals surface area contributed by atoms with Crippen LogP contribution >= 0.6 is 12.2 Å². The van der Waals surface area contributed by atoms with Gasteiger partial charge in [0.2, 0.25) is 0 Å². The second-order valence-corrected chi connectivity index (χ2v) is 5.03. The van der Waals surface area contributed by atoms with Crippen LogP contribution in [0.5, 0.6) is 0 Å². The first-order chi connectivity index (χ1) is 8.11. The van der Waals surface area contributed by atoms with Gasteiger partial charge in [-0.3, -0.25) is 0 Å². The van der Waals surface area contributed by atoms with Crippen molar-refractivity contribution in [2.45, 2.75) is 32.2 Å². The molecule has 1 aromatic carbocycles. The van der Waals surface area contributed by atoms with E-state index >= 15 is 0 Å². The minimum atomic E-state index is -0.306. The van der Waals surface area contributed by atoms with Gasteiger partial charge in [-0.1, -0.05) is 25.6 Å². The van der Waals surface area contributed by atoms with Crippen molar-refractivity contribution in [2.75, 3.05) is 5.32 Å². The van der Waals surface area contributed by atoms with E-state index in [0.29, 0.717) is 11.6 Å². The predicted molar refractivity (Wildman–Crippen MR) is 72.7 cm³/mol. The van der Waals surface area contributed by atoms with Crippen LogP contribution in [0.4, 0.5) is 10.1 Å². The van der Waals surface area contributed by atoms with Crippen molar-refractivity contribution in [1.82, 2.24) is 0 Å². The number of nitrogens with one attached hydrogen (secondary N) is 1. The summed E-state index contributed by atoms with van der Waals surface area (Å²) in [5.41, 5.74) is 7.05. The highest BCUT2D eigenvalue weighted by molar-refractivity contribution is 7.80. The Balaban J connectivity index is 2.08. The Morgan fingerprint density at radius 2 is 2.35 bits per heavy atom. The first-order valence-corrected chi connectivity index (χ1v) is 6.38. The highest BCUT2D eigenvalue weighted by Crippen LogP contribution is 2.37. The van der Waals surface area contributed by atoms with Crippen LogP contribution in [0, 0.1) is 11.7 Å². The van der Waals surface area contributed by atoms with Crippen LogP contribution in [-0.4, -0.2) is 11.0 Å². The molecule has 1 aliphatic carbocycles. The van der Waals surface area contributed by atoms with Crippen molar-refractivity contribution in [3.63, 3.8) is 0 Å². The lowest BCUT2D eigenvalue weighted by atomic mass is 10.1. The molecule has 1 fully saturated rings. The maximum atomic E-state index is 13.1. The van der Waals surface area contributed by atoms with E-state index in [4.69, 9.17) is 18.0 Å². The smallest absolute Gasteiger partial charge is 0.124 e. The normalized spacial score (nSPS) is 22.2. The van der Waals surface area contributed by atoms with Crippen molar-refractivity contribution in [1.29, 1.82) is 0 Å². The van der Waals surface area contributed by atoms with Gasteiger partial charge in [0, 0.05) is 17.3 Å². The zero-order valence-electron chi connectivity index (χ0n) is 9.87. The first kappa shape index (κ1) is 12.3. The van der Waals surface area contributed by atoms with Gasteiger partial charge in [0.05, 0.1) is 0 Å². The van der Waals surface area contributed by atoms with Crippen LogP contribution in [0.2, 0.25) is 0 Å². The number of thiocarbonyl (C=S) groups is 1. The first-order valence-electron chi connectivity index (χ1n) is 5.97. The van der Waals surface area contributed by atoms with E-state index in [-0.39, 0.29) is 10.8 Å². The van der Waals surface area contributed by atoms with Crippen LogP contribution in [0.3, 0.4) is 0 Å². The van der Waals surface area contributed by atoms with Crippen molar-refractivity contribution in [3.8, 4) is 0 Å². The van der Waals surface area contributed by atoms with Gasteiger partial charge in [-0.05, 0) is 37.0 Å². The van der Waals surface area contributed by atoms with E-state index in [1.54, 1.807) is 6.07 Å². The Hall–Kier alpha value is -1.16. The lowest BCUT2D eigenvalue weighted by Crippen LogP contribution is -2.15. The lowest BCUT2D eigenvalue weighted by Gasteiger charge is -2.11. The van der Waals surface area contributed by atoms with E-state index < -0.39 is 0 Å². The van der Waals surface area contributed by atoms with Gasteiger partial charge in [-0.25, -0.2) is 4.39 Å². The van der Waals surface area contributed by atoms with Gasteiger partial charge >= 0.3 is 0 Å². The topological polar surface area (TPSA) is 38.0 Å². The van der Waals surface area contributed by atoms with Crippen molar-refractivity contribution in [2.24, 2.45) is 11.7 Å². The number of hydrogen-bond donors (Lipinski definition) is 2. The molecule has 0 heterocycles. The third kappa shape index (κ3) is 2.94. The molecule has 0 aromatic heterocycles. The molecule has 2 atom stereocenters. The summed E-state index contributed by atoms with van der Waals surface area (Å²) in [7, 11) is 0. The number of benzene rings is 1. The molecule has 0 saturated heterocycles. The van der Waals surface area contributed by atoms with Crippen molar-refractivity contribution < 1.29 is 4.39 Å². The molecular weight excluding hydrogens is 235 g/mol. The van der Waals surface area contributed by atoms with Crippen LogP contribution in [0.15, 0.2) is 18.2 Å². The summed E-state index contributed by atoms with van der Waals surface area (Å²) in [6.45, 7) is 2.19. The fraction of sp³-hybridized carbons (Fsp3) is 0.462. The largest absolute Gasteiger partial charge is 0.389 e. The van der Waals surface area contributed by atoms with Gasteiger partial charge < -0.3 is 11.1 Å². The van der Waals surface area contributed by atoms with Gasteiger partial charge in [0.15, 0.2) is 0 Å². The van der Waals surface area contributed by atoms with E-state index in [2.05, 4.69) is 12.2 Å². The summed E-state index contributed by atoms with van der Waals surface area (Å²) in [6.07, 6.45) is 3.62. The summed E-state index contributed by atoms with van der Waals surface area (Å²) >= 11 is 4.93. The summed E-state index contributed by atoms with van der Waals surface area (Å²) in [5, 5.41) is 3.39. The Morgan fingerprint density at radius 1 is 1.59 bits per heavy atom. The molecule has 0 radical (unpaired) electrons. The SMILES string of the molecule is CCCC1CC1Nc1ccc(F)cc1C(N)=S. The number of anilines is 1. The second-order valence-electron chi connectivity index (χ2n) is 4.59. The van der Waals surface area contributed by atoms with E-state index in [0.717, 1.165) is 11.6 Å². The Kier molecular flexibility index (Phi) is 3.62. The Bertz CT molecular complexity index is 433. The fourth-order valence-electron chi connectivity index (χ4n) is 2.16. The second kappa shape index (κ2) is 5.00. The number of rotatable bonds is 5. The lowest BCUT2D eigenvalue weighted by molar-refractivity contribution is 0.627. The molecule has 4 heteroatoms. The number of hydrogen-bond acceptors (Lipinski definition) is 2. The Morgan fingerprint density at radius 3 is 3.00 bits per heavy atom. The number of nitrogens with two attached hydrogens (primary N) is 1. The third-order valence-corrected chi connectivity index (χ3v) is 3.39. The molecule has 1 aromatic rings. The standard InChI is InChI=1S/C13H17FN2S/c1-2-3-8-6-12(8)16-11-5-4-9(14)7-10(11)13(15)17/h4-5,7-8,12,16H,2-3,6H2,1H3,(H2,15,17). The number of halogens is 1. The molecule has 3 N–H and O–H groups in total. The minimum absolute atomic E-state index is 0.236. The van der Waals surface area contributed by atoms with Crippen molar-refractivity contribution in [3.05, 3.63) is 29.6 Å². The fourth-order valence-corrected chi connectivity index (χ4v) is 2.33. The molecule has 0 amide bonds. The average molecular weight is 252 g/mol. The van der Waals surface area contributed by atoms with Crippen LogP contribution in [0.1, 0.15) is 31.7 Å². The molecule has 1 aliphatic rings. The van der Waals surface area contributed by atoms with E-state index in [1.165, 1.54) is 31.4 Å². The molecule has 1 saturated carbocycles. The van der Waals surface area contributed by atoms with Crippen LogP contribution < -0.4 is 11.1 Å². The van der Waals surface area contributed by atoms with Gasteiger partial charge in [-0.2, -0.15) is 0 Å². The zero-order valence-corrected chi connectivity index (χ0v) is 10.7. The Labute approximate surface area is 106 Å². The minimum Gasteiger partial charge on any atom is -0.389 e. The van der Waals surface area contributed by atoms with Crippen molar-refractivity contribution >= 4 is 22.9 Å². The molecule has 17 heavy (non-hydrogen) atoms. The van der Waals surface area contributed by atoms with Gasteiger partial charge in [-0.15, -0.1) is 0 Å². The molecule has 2 unspecified atom stereocenters. The zero-order chi connectivity index (χ0) is 12.4. The van der Waals surface area contributed by atoms with E-state index in [1.807, 2.05) is 0 Å². The maximum Gasteiger partial charge on any atom is 0.124 e. The molecule has 2 rings (SSSR count). The average Bonchev–Trinajstić information content (AvgIpc) is 2.99. The van der Waals surface area contributed by atoms with Gasteiger partial charge in [0.25, 0.3) is 0 Å². The quantitative estimate of drug-likeness (QED) is 0.791. The van der Waals surface area contributed by atoms with E-state index in [9.17, 15) is 4.39 Å². The molecule has 2 nitrogen and oxygen atoms in total. The summed E-state index contributed by atoms with van der Waals surface area (Å²) in [4.78, 5) is 0.236.